The van der Waals surface area contributed by atoms with Crippen LogP contribution in [0.3, 0.4) is 0 Å². The molecule has 22 heavy (non-hydrogen) atoms. The first-order valence-electron chi connectivity index (χ1n) is 7.68. The fourth-order valence-electron chi connectivity index (χ4n) is 2.75. The van der Waals surface area contributed by atoms with Crippen LogP contribution in [0.15, 0.2) is 48.5 Å². The number of hydrogen-bond donors (Lipinski definition) is 0. The van der Waals surface area contributed by atoms with E-state index in [-0.39, 0.29) is 6.10 Å². The maximum Gasteiger partial charge on any atom is 0.135 e. The van der Waals surface area contributed by atoms with Gasteiger partial charge in [0.1, 0.15) is 24.2 Å². The van der Waals surface area contributed by atoms with Crippen molar-refractivity contribution >= 4 is 21.5 Å². The van der Waals surface area contributed by atoms with Gasteiger partial charge in [0.2, 0.25) is 0 Å². The maximum absolute atomic E-state index is 6.11. The Kier molecular flexibility index (Phi) is 3.35. The van der Waals surface area contributed by atoms with Crippen LogP contribution in [0.1, 0.15) is 6.92 Å². The predicted octanol–water partition coefficient (Wildman–Crippen LogP) is 4.17. The van der Waals surface area contributed by atoms with E-state index in [0.29, 0.717) is 13.2 Å². The van der Waals surface area contributed by atoms with Crippen LogP contribution in [-0.2, 0) is 4.74 Å². The van der Waals surface area contributed by atoms with Crippen molar-refractivity contribution in [2.45, 2.75) is 13.0 Å². The molecule has 0 N–H and O–H groups in total. The zero-order chi connectivity index (χ0) is 14.9. The van der Waals surface area contributed by atoms with Crippen molar-refractivity contribution < 1.29 is 14.2 Å². The van der Waals surface area contributed by atoms with Crippen molar-refractivity contribution in [2.24, 2.45) is 0 Å². The van der Waals surface area contributed by atoms with Gasteiger partial charge in [0, 0.05) is 10.8 Å². The van der Waals surface area contributed by atoms with E-state index < -0.39 is 0 Å². The summed E-state index contributed by atoms with van der Waals surface area (Å²) >= 11 is 0. The maximum atomic E-state index is 6.11. The zero-order valence-corrected chi connectivity index (χ0v) is 12.5. The van der Waals surface area contributed by atoms with E-state index in [4.69, 9.17) is 14.2 Å². The molecule has 0 bridgehead atoms. The summed E-state index contributed by atoms with van der Waals surface area (Å²) in [6.07, 6.45) is 0.240. The van der Waals surface area contributed by atoms with Crippen LogP contribution in [-0.4, -0.2) is 25.9 Å². The molecule has 112 valence electrons. The molecular formula is C19H18O3. The average molecular weight is 294 g/mol. The summed E-state index contributed by atoms with van der Waals surface area (Å²) in [5.41, 5.74) is 0. The number of rotatable bonds is 5. The molecule has 0 aliphatic carbocycles. The lowest BCUT2D eigenvalue weighted by atomic mass is 10.0. The van der Waals surface area contributed by atoms with E-state index in [2.05, 4.69) is 36.4 Å². The van der Waals surface area contributed by atoms with E-state index in [0.717, 1.165) is 34.3 Å². The topological polar surface area (TPSA) is 31.0 Å². The van der Waals surface area contributed by atoms with E-state index >= 15 is 0 Å². The predicted molar refractivity (Wildman–Crippen MR) is 87.9 cm³/mol. The quantitative estimate of drug-likeness (QED) is 0.523. The van der Waals surface area contributed by atoms with Crippen LogP contribution in [0.2, 0.25) is 0 Å². The number of hydrogen-bond acceptors (Lipinski definition) is 3. The largest absolute Gasteiger partial charge is 0.494 e. The van der Waals surface area contributed by atoms with Crippen molar-refractivity contribution in [3.8, 4) is 11.5 Å². The van der Waals surface area contributed by atoms with Gasteiger partial charge in [0.05, 0.1) is 13.2 Å². The Morgan fingerprint density at radius 2 is 1.82 bits per heavy atom. The molecular weight excluding hydrogens is 276 g/mol. The van der Waals surface area contributed by atoms with Gasteiger partial charge in [0.15, 0.2) is 0 Å². The molecule has 1 atom stereocenters. The third-order valence-electron chi connectivity index (χ3n) is 3.91. The minimum atomic E-state index is 0.240. The lowest BCUT2D eigenvalue weighted by Crippen LogP contribution is -2.05. The number of epoxide rings is 1. The van der Waals surface area contributed by atoms with E-state index in [1.165, 1.54) is 5.39 Å². The molecule has 3 heteroatoms. The van der Waals surface area contributed by atoms with Gasteiger partial charge in [-0.1, -0.05) is 30.3 Å². The third kappa shape index (κ3) is 2.48. The number of ether oxygens (including phenoxy) is 3. The molecule has 4 rings (SSSR count). The van der Waals surface area contributed by atoms with E-state index in [9.17, 15) is 0 Å². The van der Waals surface area contributed by atoms with Crippen LogP contribution in [0, 0.1) is 0 Å². The number of benzene rings is 3. The first-order valence-corrected chi connectivity index (χ1v) is 7.68. The fraction of sp³-hybridized carbons (Fsp3) is 0.263. The van der Waals surface area contributed by atoms with Crippen LogP contribution in [0.4, 0.5) is 0 Å². The van der Waals surface area contributed by atoms with Crippen molar-refractivity contribution in [3.63, 3.8) is 0 Å². The normalized spacial score (nSPS) is 16.9. The van der Waals surface area contributed by atoms with Crippen molar-refractivity contribution in [3.05, 3.63) is 48.5 Å². The smallest absolute Gasteiger partial charge is 0.135 e. The second kappa shape index (κ2) is 5.50. The summed E-state index contributed by atoms with van der Waals surface area (Å²) in [7, 11) is 0. The molecule has 0 aromatic heterocycles. The first kappa shape index (κ1) is 13.4. The van der Waals surface area contributed by atoms with Gasteiger partial charge in [-0.15, -0.1) is 0 Å². The molecule has 0 amide bonds. The minimum absolute atomic E-state index is 0.240. The monoisotopic (exact) mass is 294 g/mol. The van der Waals surface area contributed by atoms with Crippen molar-refractivity contribution in [1.29, 1.82) is 0 Å². The van der Waals surface area contributed by atoms with Gasteiger partial charge >= 0.3 is 0 Å². The highest BCUT2D eigenvalue weighted by Crippen LogP contribution is 2.37. The molecule has 1 fully saturated rings. The average Bonchev–Trinajstić information content (AvgIpc) is 3.36. The molecule has 1 unspecified atom stereocenters. The van der Waals surface area contributed by atoms with Gasteiger partial charge in [0.25, 0.3) is 0 Å². The highest BCUT2D eigenvalue weighted by Gasteiger charge is 2.24. The molecule has 3 nitrogen and oxygen atoms in total. The summed E-state index contributed by atoms with van der Waals surface area (Å²) in [6, 6.07) is 16.7. The van der Waals surface area contributed by atoms with E-state index in [1.54, 1.807) is 0 Å². The molecule has 3 aromatic rings. The summed E-state index contributed by atoms with van der Waals surface area (Å²) < 4.78 is 17.0. The first-order chi connectivity index (χ1) is 10.8. The summed E-state index contributed by atoms with van der Waals surface area (Å²) in [5.74, 6) is 1.79. The Balaban J connectivity index is 1.90. The van der Waals surface area contributed by atoms with E-state index in [1.807, 2.05) is 19.1 Å². The Labute approximate surface area is 129 Å². The standard InChI is InChI=1S/C19H18O3/c1-2-20-15-8-7-14-9-13-5-3-4-6-17(13)19(18(14)10-15)22-12-16-11-21-16/h3-10,16H,2,11-12H2,1H3. The molecule has 1 saturated heterocycles. The van der Waals surface area contributed by atoms with Crippen LogP contribution in [0.5, 0.6) is 11.5 Å². The van der Waals surface area contributed by atoms with Crippen LogP contribution >= 0.6 is 0 Å². The molecule has 1 aliphatic rings. The van der Waals surface area contributed by atoms with Gasteiger partial charge in [-0.25, -0.2) is 0 Å². The van der Waals surface area contributed by atoms with Crippen molar-refractivity contribution in [2.75, 3.05) is 19.8 Å². The highest BCUT2D eigenvalue weighted by atomic mass is 16.6. The summed E-state index contributed by atoms with van der Waals surface area (Å²) in [5, 5.41) is 4.56. The molecule has 3 aromatic carbocycles. The molecule has 0 radical (unpaired) electrons. The zero-order valence-electron chi connectivity index (χ0n) is 12.5. The Morgan fingerprint density at radius 1 is 1.00 bits per heavy atom. The second-order valence-electron chi connectivity index (χ2n) is 5.51. The SMILES string of the molecule is CCOc1ccc2cc3ccccc3c(OCC3CO3)c2c1. The molecule has 0 spiro atoms. The highest BCUT2D eigenvalue weighted by molar-refractivity contribution is 6.05. The lowest BCUT2D eigenvalue weighted by molar-refractivity contribution is 0.267. The summed E-state index contributed by atoms with van der Waals surface area (Å²) in [4.78, 5) is 0. The second-order valence-corrected chi connectivity index (χ2v) is 5.51. The van der Waals surface area contributed by atoms with Gasteiger partial charge < -0.3 is 14.2 Å². The Hall–Kier alpha value is -2.26. The van der Waals surface area contributed by atoms with Crippen LogP contribution in [0.25, 0.3) is 21.5 Å². The van der Waals surface area contributed by atoms with Gasteiger partial charge in [-0.3, -0.25) is 0 Å². The van der Waals surface area contributed by atoms with Crippen LogP contribution < -0.4 is 9.47 Å². The lowest BCUT2D eigenvalue weighted by Gasteiger charge is -2.13. The molecule has 0 saturated carbocycles. The Bertz CT molecular complexity index is 821. The number of fused-ring (bicyclic) bond motifs is 2. The Morgan fingerprint density at radius 3 is 2.64 bits per heavy atom. The van der Waals surface area contributed by atoms with Gasteiger partial charge in [-0.05, 0) is 35.9 Å². The van der Waals surface area contributed by atoms with Gasteiger partial charge in [-0.2, -0.15) is 0 Å². The molecule has 1 aliphatic heterocycles. The fourth-order valence-corrected chi connectivity index (χ4v) is 2.75. The molecule has 1 heterocycles. The third-order valence-corrected chi connectivity index (χ3v) is 3.91. The minimum Gasteiger partial charge on any atom is -0.494 e. The van der Waals surface area contributed by atoms with Crippen molar-refractivity contribution in [1.82, 2.24) is 0 Å². The summed E-state index contributed by atoms with van der Waals surface area (Å²) in [6.45, 7) is 4.05.